The number of hydrogen-bond donors (Lipinski definition) is 2. The molecule has 0 saturated carbocycles. The van der Waals surface area contributed by atoms with Crippen LogP contribution in [0.1, 0.15) is 49.8 Å². The van der Waals surface area contributed by atoms with Crippen molar-refractivity contribution in [3.8, 4) is 0 Å². The summed E-state index contributed by atoms with van der Waals surface area (Å²) in [4.78, 5) is 9.52. The number of aliphatic imine (C=N–C) groups is 1. The fourth-order valence-electron chi connectivity index (χ4n) is 4.26. The fraction of sp³-hybridized carbons (Fsp3) is 0.385. The van der Waals surface area contributed by atoms with Crippen molar-refractivity contribution < 1.29 is 0 Å². The summed E-state index contributed by atoms with van der Waals surface area (Å²) in [6.07, 6.45) is 9.45. The Morgan fingerprint density at radius 2 is 1.75 bits per heavy atom. The average Bonchev–Trinajstić information content (AvgIpc) is 2.81. The van der Waals surface area contributed by atoms with Gasteiger partial charge in [0.05, 0.1) is 0 Å². The van der Waals surface area contributed by atoms with Gasteiger partial charge in [-0.15, -0.1) is 0 Å². The van der Waals surface area contributed by atoms with E-state index < -0.39 is 0 Å². The number of nitrogens with zero attached hydrogens (tertiary/aromatic N) is 2. The van der Waals surface area contributed by atoms with Gasteiger partial charge in [0.2, 0.25) is 0 Å². The third kappa shape index (κ3) is 6.25. The first-order valence-electron chi connectivity index (χ1n) is 11.6. The summed E-state index contributed by atoms with van der Waals surface area (Å²) >= 11 is 8.92. The van der Waals surface area contributed by atoms with Crippen LogP contribution in [0, 0.1) is 0 Å². The third-order valence-corrected chi connectivity index (χ3v) is 6.64. The molecular weight excluding hydrogens is 483 g/mol. The van der Waals surface area contributed by atoms with Crippen LogP contribution in [-0.4, -0.2) is 38.8 Å². The number of unbranched alkanes of at least 4 members (excludes halogenated alkanes) is 3. The molecule has 4 nitrogen and oxygen atoms in total. The number of anilines is 2. The molecule has 0 spiro atoms. The van der Waals surface area contributed by atoms with E-state index in [1.54, 1.807) is 0 Å². The molecule has 1 aliphatic rings. The summed E-state index contributed by atoms with van der Waals surface area (Å²) in [5.74, 6) is 0. The molecule has 0 bridgehead atoms. The maximum absolute atomic E-state index is 5.92. The molecule has 0 aliphatic heterocycles. The number of hydrogen-bond acceptors (Lipinski definition) is 3. The van der Waals surface area contributed by atoms with Crippen LogP contribution < -0.4 is 10.6 Å². The molecule has 0 saturated heterocycles. The predicted molar refractivity (Wildman–Crippen MR) is 138 cm³/mol. The maximum atomic E-state index is 5.92. The second kappa shape index (κ2) is 11.7. The summed E-state index contributed by atoms with van der Waals surface area (Å²) in [6, 6.07) is 16.2. The number of benzene rings is 2. The third-order valence-electron chi connectivity index (χ3n) is 5.91. The van der Waals surface area contributed by atoms with E-state index in [4.69, 9.17) is 16.6 Å². The Balaban J connectivity index is 1.20. The van der Waals surface area contributed by atoms with Crippen LogP contribution in [0.3, 0.4) is 0 Å². The van der Waals surface area contributed by atoms with Gasteiger partial charge < -0.3 is 0 Å². The van der Waals surface area contributed by atoms with Gasteiger partial charge in [-0.25, -0.2) is 0 Å². The van der Waals surface area contributed by atoms with Crippen LogP contribution in [0.5, 0.6) is 0 Å². The molecule has 0 amide bonds. The molecule has 0 fully saturated rings. The van der Waals surface area contributed by atoms with E-state index in [0.717, 1.165) is 53.3 Å². The molecule has 3 aromatic rings. The van der Waals surface area contributed by atoms with Crippen molar-refractivity contribution in [3.63, 3.8) is 0 Å². The summed E-state index contributed by atoms with van der Waals surface area (Å²) < 4.78 is 0.823. The monoisotopic (exact) mass is 513 g/mol. The second-order valence-electron chi connectivity index (χ2n) is 8.30. The molecule has 1 aliphatic carbocycles. The van der Waals surface area contributed by atoms with Gasteiger partial charge in [-0.3, -0.25) is 4.98 Å². The van der Waals surface area contributed by atoms with Crippen LogP contribution in [-0.2, 0) is 12.8 Å². The van der Waals surface area contributed by atoms with E-state index in [1.807, 2.05) is 24.3 Å². The zero-order chi connectivity index (χ0) is 22.2. The van der Waals surface area contributed by atoms with E-state index in [1.165, 1.54) is 54.4 Å². The number of amidine groups is 1. The van der Waals surface area contributed by atoms with Crippen molar-refractivity contribution in [3.05, 3.63) is 64.8 Å². The van der Waals surface area contributed by atoms with Gasteiger partial charge in [0.1, 0.15) is 0 Å². The standard InChI is InChI=1S/C26H30ClN4Se/c27-19-13-15-20(16-14-19)30-26(32)29-18-8-2-1-7-17-28-25-21-9-3-5-11-23(21)31-24-12-6-4-10-22(24)25/h3,5,9,11,13-16H,1-2,4,6-8,10,12,17-18H2,(H,28,31)(H,29,30). The van der Waals surface area contributed by atoms with Crippen molar-refractivity contribution in [2.75, 3.05) is 23.7 Å². The van der Waals surface area contributed by atoms with E-state index in [2.05, 4.69) is 55.9 Å². The Bertz CT molecular complexity index is 1070. The van der Waals surface area contributed by atoms with Gasteiger partial charge in [-0.05, 0) is 25.3 Å². The number of halogens is 1. The molecule has 2 aromatic carbocycles. The number of para-hydroxylation sites is 1. The first kappa shape index (κ1) is 23.1. The number of fused-ring (bicyclic) bond motifs is 2. The molecule has 2 N–H and O–H groups in total. The van der Waals surface area contributed by atoms with E-state index in [9.17, 15) is 0 Å². The minimum absolute atomic E-state index is 0.737. The van der Waals surface area contributed by atoms with Crippen LogP contribution in [0.4, 0.5) is 11.4 Å². The zero-order valence-corrected chi connectivity index (χ0v) is 20.8. The number of pyridine rings is 1. The van der Waals surface area contributed by atoms with Crippen molar-refractivity contribution in [1.29, 1.82) is 0 Å². The van der Waals surface area contributed by atoms with Crippen LogP contribution in [0.25, 0.3) is 10.9 Å². The molecule has 1 heterocycles. The zero-order valence-electron chi connectivity index (χ0n) is 18.4. The number of aromatic nitrogens is 1. The van der Waals surface area contributed by atoms with Gasteiger partial charge in [0.15, 0.2) is 0 Å². The Morgan fingerprint density at radius 1 is 0.969 bits per heavy atom. The van der Waals surface area contributed by atoms with E-state index in [0.29, 0.717) is 0 Å². The molecule has 4 rings (SSSR count). The normalized spacial score (nSPS) is 13.7. The van der Waals surface area contributed by atoms with Crippen LogP contribution in [0.2, 0.25) is 5.02 Å². The summed E-state index contributed by atoms with van der Waals surface area (Å²) in [6.45, 7) is 1.84. The van der Waals surface area contributed by atoms with Gasteiger partial charge in [0, 0.05) is 0 Å². The molecule has 167 valence electrons. The topological polar surface area (TPSA) is 49.3 Å². The van der Waals surface area contributed by atoms with Gasteiger partial charge >= 0.3 is 162 Å². The molecular formula is C26H30ClN4Se. The molecule has 0 unspecified atom stereocenters. The van der Waals surface area contributed by atoms with E-state index >= 15 is 0 Å². The summed E-state index contributed by atoms with van der Waals surface area (Å²) in [5.41, 5.74) is 6.19. The van der Waals surface area contributed by atoms with Crippen molar-refractivity contribution in [2.45, 2.75) is 51.4 Å². The molecule has 1 radical (unpaired) electrons. The number of aryl methyl sites for hydroxylation is 1. The first-order valence-corrected chi connectivity index (χ1v) is 12.8. The Hall–Kier alpha value is -2.07. The van der Waals surface area contributed by atoms with Crippen LogP contribution >= 0.6 is 11.6 Å². The van der Waals surface area contributed by atoms with Gasteiger partial charge in [-0.2, -0.15) is 0 Å². The Kier molecular flexibility index (Phi) is 8.44. The predicted octanol–water partition coefficient (Wildman–Crippen LogP) is 6.38. The van der Waals surface area contributed by atoms with Gasteiger partial charge in [-0.1, -0.05) is 12.1 Å². The number of nitrogens with one attached hydrogen (secondary N) is 2. The second-order valence-corrected chi connectivity index (χ2v) is 9.54. The SMILES string of the molecule is Clc1ccc(NC([Se])=NCCCCCCNc2c3c(nc4ccccc24)CCCC3)cc1. The molecule has 0 atom stereocenters. The number of rotatable bonds is 9. The molecule has 6 heteroatoms. The van der Waals surface area contributed by atoms with Crippen molar-refractivity contribution >= 4 is 54.6 Å². The molecule has 1 aromatic heterocycles. The van der Waals surface area contributed by atoms with Crippen molar-refractivity contribution in [2.24, 2.45) is 4.99 Å². The average molecular weight is 513 g/mol. The minimum atomic E-state index is 0.737. The fourth-order valence-corrected chi connectivity index (χ4v) is 4.82. The summed E-state index contributed by atoms with van der Waals surface area (Å²) in [7, 11) is 0. The Morgan fingerprint density at radius 3 is 2.62 bits per heavy atom. The van der Waals surface area contributed by atoms with Gasteiger partial charge in [0.25, 0.3) is 0 Å². The van der Waals surface area contributed by atoms with Crippen molar-refractivity contribution in [1.82, 2.24) is 4.98 Å². The van der Waals surface area contributed by atoms with E-state index in [-0.39, 0.29) is 0 Å². The Labute approximate surface area is 204 Å². The molecule has 32 heavy (non-hydrogen) atoms. The van der Waals surface area contributed by atoms with Crippen LogP contribution in [0.15, 0.2) is 53.5 Å². The summed E-state index contributed by atoms with van der Waals surface area (Å²) in [5, 5.41) is 9.03. The quantitative estimate of drug-likeness (QED) is 0.151. The first-order chi connectivity index (χ1) is 15.7.